The topological polar surface area (TPSA) is 166 Å². The number of hydrogen-bond donors (Lipinski definition) is 3. The number of anilines is 1. The minimum atomic E-state index is -4.66. The Balaban J connectivity index is 0.000000804. The van der Waals surface area contributed by atoms with Crippen LogP contribution >= 0.6 is 46.3 Å². The third-order valence-corrected chi connectivity index (χ3v) is 11.8. The first kappa shape index (κ1) is 40.7. The molecule has 1 aliphatic heterocycles. The van der Waals surface area contributed by atoms with Gasteiger partial charge in [-0.25, -0.2) is 16.8 Å². The van der Waals surface area contributed by atoms with E-state index in [9.17, 15) is 36.2 Å². The molecule has 0 fully saturated rings. The van der Waals surface area contributed by atoms with Crippen molar-refractivity contribution in [3.63, 3.8) is 0 Å². The summed E-state index contributed by atoms with van der Waals surface area (Å²) in [7, 11) is -9.31. The van der Waals surface area contributed by atoms with Crippen molar-refractivity contribution in [1.29, 1.82) is 0 Å². The zero-order chi connectivity index (χ0) is 35.8. The van der Waals surface area contributed by atoms with E-state index in [4.69, 9.17) is 23.2 Å². The number of thiazole rings is 1. The molecule has 1 aliphatic rings. The highest BCUT2D eigenvalue weighted by Crippen LogP contribution is 2.47. The predicted molar refractivity (Wildman–Crippen MR) is 192 cm³/mol. The van der Waals surface area contributed by atoms with Gasteiger partial charge in [-0.15, -0.1) is 0 Å². The molecule has 0 radical (unpaired) electrons. The number of β-amino-alcohol motifs (C(OH)–C–C–N with tert-alkyl or cyclic N) is 1. The van der Waals surface area contributed by atoms with Gasteiger partial charge in [0.15, 0.2) is 6.54 Å². The molecule has 0 aliphatic carbocycles. The lowest BCUT2D eigenvalue weighted by atomic mass is 10.2. The van der Waals surface area contributed by atoms with Crippen LogP contribution in [0.25, 0.3) is 16.3 Å². The first-order chi connectivity index (χ1) is 22.5. The molecule has 0 saturated heterocycles. The van der Waals surface area contributed by atoms with Gasteiger partial charge in [0.25, 0.3) is 5.01 Å². The molecule has 1 aromatic heterocycles. The minimum Gasteiger partial charge on any atom is -0.748 e. The maximum Gasteiger partial charge on any atom is 0.263 e. The van der Waals surface area contributed by atoms with Crippen LogP contribution in [-0.4, -0.2) is 86.0 Å². The molecule has 2 unspecified atom stereocenters. The zero-order valence-corrected chi connectivity index (χ0v) is 31.8. The first-order valence-corrected chi connectivity index (χ1v) is 20.9. The van der Waals surface area contributed by atoms with Gasteiger partial charge in [-0.05, 0) is 69.2 Å². The Labute approximate surface area is 301 Å². The van der Waals surface area contributed by atoms with Crippen molar-refractivity contribution in [1.82, 2.24) is 0 Å². The van der Waals surface area contributed by atoms with E-state index in [1.807, 2.05) is 19.1 Å². The summed E-state index contributed by atoms with van der Waals surface area (Å²) in [6.07, 6.45) is 1.36. The molecule has 3 aromatic rings. The average Bonchev–Trinajstić information content (AvgIpc) is 3.48. The number of aliphatic hydroxyl groups is 2. The van der Waals surface area contributed by atoms with Crippen molar-refractivity contribution in [3.05, 3.63) is 68.1 Å². The monoisotopic (exact) mass is 781 g/mol. The average molecular weight is 783 g/mol. The highest BCUT2D eigenvalue weighted by atomic mass is 35.5. The third-order valence-electron chi connectivity index (χ3n) is 7.49. The second-order valence-electron chi connectivity index (χ2n) is 11.1. The van der Waals surface area contributed by atoms with Gasteiger partial charge in [0.1, 0.15) is 10.8 Å². The molecule has 2 aromatic carbocycles. The van der Waals surface area contributed by atoms with E-state index in [-0.39, 0.29) is 13.1 Å². The molecule has 0 bridgehead atoms. The maximum atomic E-state index is 11.2. The lowest BCUT2D eigenvalue weighted by molar-refractivity contribution is -0.894. The summed E-state index contributed by atoms with van der Waals surface area (Å²) < 4.78 is 70.0. The Kier molecular flexibility index (Phi) is 15.2. The standard InChI is InChI=1S/C25H26Cl2N2O8S4.C6H15N/c1-2-15(7-24-28(11-18(30)13-40(32,33)34)20-9-16(26)3-5-22(20)38-24)8-25-29(12-19(31)14-41(35,36)37)21-10-17(27)4-6-23(21)39-25;1-4-7(5-2)6-3/h3-10,18-19,30-31H,2,11-14H2,1H3,(H-,32,33,34,35,36,37);4-6H2,1-3H3. The number of quaternary nitrogens is 1. The molecule has 4 rings (SSSR count). The van der Waals surface area contributed by atoms with E-state index in [2.05, 4.69) is 20.8 Å². The van der Waals surface area contributed by atoms with Crippen LogP contribution in [0.1, 0.15) is 39.1 Å². The van der Waals surface area contributed by atoms with E-state index < -0.39 is 43.9 Å². The lowest BCUT2D eigenvalue weighted by Gasteiger charge is -2.24. The smallest absolute Gasteiger partial charge is 0.263 e. The number of rotatable bonds is 14. The van der Waals surface area contributed by atoms with Gasteiger partial charge in [0, 0.05) is 27.1 Å². The molecular weight excluding hydrogens is 742 g/mol. The number of nitrogens with one attached hydrogen (secondary N) is 1. The first-order valence-electron chi connectivity index (χ1n) is 15.3. The van der Waals surface area contributed by atoms with Crippen LogP contribution in [0.2, 0.25) is 10.0 Å². The fraction of sp³-hybridized carbons (Fsp3) is 0.452. The molecule has 0 saturated carbocycles. The van der Waals surface area contributed by atoms with Crippen molar-refractivity contribution >= 4 is 88.5 Å². The number of nitrogens with zero attached hydrogens (tertiary/aromatic N) is 2. The van der Waals surface area contributed by atoms with Crippen molar-refractivity contribution in [2.45, 2.75) is 57.8 Å². The Morgan fingerprint density at radius 2 is 1.52 bits per heavy atom. The van der Waals surface area contributed by atoms with Crippen LogP contribution in [0.4, 0.5) is 5.69 Å². The van der Waals surface area contributed by atoms with Crippen LogP contribution in [0, 0.1) is 0 Å². The van der Waals surface area contributed by atoms with Crippen molar-refractivity contribution in [2.75, 3.05) is 42.6 Å². The fourth-order valence-corrected chi connectivity index (χ4v) is 8.79. The highest BCUT2D eigenvalue weighted by Gasteiger charge is 2.29. The highest BCUT2D eigenvalue weighted by molar-refractivity contribution is 8.03. The summed E-state index contributed by atoms with van der Waals surface area (Å²) in [5.41, 5.74) is 2.11. The quantitative estimate of drug-likeness (QED) is 0.163. The van der Waals surface area contributed by atoms with E-state index in [1.54, 1.807) is 50.8 Å². The minimum absolute atomic E-state index is 0.165. The van der Waals surface area contributed by atoms with E-state index in [0.717, 1.165) is 15.2 Å². The van der Waals surface area contributed by atoms with Crippen LogP contribution in [-0.2, 0) is 26.8 Å². The number of benzene rings is 2. The van der Waals surface area contributed by atoms with Gasteiger partial charge in [0.2, 0.25) is 5.52 Å². The third kappa shape index (κ3) is 12.2. The van der Waals surface area contributed by atoms with Gasteiger partial charge >= 0.3 is 0 Å². The molecule has 266 valence electrons. The summed E-state index contributed by atoms with van der Waals surface area (Å²) in [6.45, 7) is 12.1. The molecule has 11 nitrogen and oxygen atoms in total. The number of halogens is 2. The second-order valence-corrected chi connectivity index (χ2v) is 17.0. The molecule has 3 N–H and O–H groups in total. The predicted octanol–water partition coefficient (Wildman–Crippen LogP) is 3.49. The molecule has 48 heavy (non-hydrogen) atoms. The van der Waals surface area contributed by atoms with Gasteiger partial charge < -0.3 is 29.1 Å². The summed E-state index contributed by atoms with van der Waals surface area (Å²) in [6, 6.07) is 10.4. The van der Waals surface area contributed by atoms with E-state index >= 15 is 0 Å². The van der Waals surface area contributed by atoms with Crippen LogP contribution < -0.4 is 14.4 Å². The number of aliphatic hydroxyl groups excluding tert-OH is 2. The Bertz CT molecular complexity index is 1840. The molecule has 0 spiro atoms. The van der Waals surface area contributed by atoms with Gasteiger partial charge in [-0.3, -0.25) is 0 Å². The van der Waals surface area contributed by atoms with E-state index in [0.29, 0.717) is 37.7 Å². The molecular formula is C31H41Cl2N3O8S4. The molecule has 17 heteroatoms. The number of hydrogen-bond acceptors (Lipinski definition) is 11. The maximum absolute atomic E-state index is 11.2. The summed E-state index contributed by atoms with van der Waals surface area (Å²) in [5.74, 6) is -1.89. The lowest BCUT2D eigenvalue weighted by Crippen LogP contribution is -3.11. The van der Waals surface area contributed by atoms with Crippen molar-refractivity contribution in [3.8, 4) is 0 Å². The van der Waals surface area contributed by atoms with Crippen LogP contribution in [0.15, 0.2) is 58.0 Å². The van der Waals surface area contributed by atoms with Crippen LogP contribution in [0.3, 0.4) is 0 Å². The zero-order valence-electron chi connectivity index (χ0n) is 27.1. The van der Waals surface area contributed by atoms with Crippen molar-refractivity contribution in [2.24, 2.45) is 0 Å². The summed E-state index contributed by atoms with van der Waals surface area (Å²) in [4.78, 5) is 4.20. The van der Waals surface area contributed by atoms with Gasteiger partial charge in [-0.2, -0.15) is 4.57 Å². The normalized spacial score (nSPS) is 15.9. The summed E-state index contributed by atoms with van der Waals surface area (Å²) >= 11 is 15.2. The Hall–Kier alpha value is -1.76. The fourth-order valence-electron chi connectivity index (χ4n) is 5.05. The number of allylic oxidation sites excluding steroid dienone is 2. The van der Waals surface area contributed by atoms with Crippen molar-refractivity contribution < 1.29 is 45.6 Å². The number of aromatic nitrogens is 1. The van der Waals surface area contributed by atoms with Gasteiger partial charge in [0.05, 0.1) is 74.7 Å². The van der Waals surface area contributed by atoms with Crippen LogP contribution in [0.5, 0.6) is 0 Å². The number of thioether (sulfide) groups is 1. The SMILES string of the molecule is CCC(/C=C1\Sc2ccc(Cl)cc2N1CC(O)CS(=O)(=O)[O-])=C\c1sc2ccc(Cl)cc2[n+]1CC(O)CS(=O)(=O)[O-].CC[NH+](CC)CC. The molecule has 2 heterocycles. The van der Waals surface area contributed by atoms with E-state index in [1.165, 1.54) is 42.7 Å². The largest absolute Gasteiger partial charge is 0.748 e. The second kappa shape index (κ2) is 17.9. The number of fused-ring (bicyclic) bond motifs is 2. The Morgan fingerprint density at radius 1 is 0.938 bits per heavy atom. The molecule has 0 amide bonds. The van der Waals surface area contributed by atoms with Gasteiger partial charge in [-0.1, -0.05) is 53.2 Å². The summed E-state index contributed by atoms with van der Waals surface area (Å²) in [5, 5.41) is 23.0. The molecule has 2 atom stereocenters. The Morgan fingerprint density at radius 3 is 2.08 bits per heavy atom.